The summed E-state index contributed by atoms with van der Waals surface area (Å²) in [6, 6.07) is 23.9. The molecule has 226 valence electrons. The molecule has 0 saturated heterocycles. The van der Waals surface area contributed by atoms with Gasteiger partial charge in [0.1, 0.15) is 16.7 Å². The van der Waals surface area contributed by atoms with Gasteiger partial charge in [0, 0.05) is 17.4 Å². The van der Waals surface area contributed by atoms with E-state index in [2.05, 4.69) is 10.6 Å². The average Bonchev–Trinajstić information content (AvgIpc) is 3.43. The number of rotatable bonds is 11. The predicted molar refractivity (Wildman–Crippen MR) is 167 cm³/mol. The van der Waals surface area contributed by atoms with Crippen molar-refractivity contribution < 1.29 is 27.3 Å². The Morgan fingerprint density at radius 2 is 1.49 bits per heavy atom. The number of benzene rings is 3. The van der Waals surface area contributed by atoms with Gasteiger partial charge in [-0.15, -0.1) is 11.3 Å². The van der Waals surface area contributed by atoms with Gasteiger partial charge in [0.2, 0.25) is 5.91 Å². The first-order valence-electron chi connectivity index (χ1n) is 13.5. The molecule has 0 radical (unpaired) electrons. The Bertz CT molecular complexity index is 1620. The number of nitrogens with one attached hydrogen (secondary N) is 3. The number of hydrogen-bond acceptors (Lipinski definition) is 7. The Labute approximate surface area is 255 Å². The van der Waals surface area contributed by atoms with Crippen LogP contribution in [0.4, 0.5) is 10.5 Å². The van der Waals surface area contributed by atoms with Gasteiger partial charge in [-0.2, -0.15) is 8.42 Å². The summed E-state index contributed by atoms with van der Waals surface area (Å²) < 4.78 is 38.9. The summed E-state index contributed by atoms with van der Waals surface area (Å²) in [5.74, 6) is -0.416. The van der Waals surface area contributed by atoms with Crippen LogP contribution in [0.3, 0.4) is 0 Å². The smallest absolute Gasteiger partial charge is 0.408 e. The zero-order chi connectivity index (χ0) is 31.0. The van der Waals surface area contributed by atoms with Crippen molar-refractivity contribution in [2.75, 3.05) is 4.72 Å². The van der Waals surface area contributed by atoms with E-state index >= 15 is 0 Å². The number of carbonyl (C=O) groups excluding carboxylic acids is 2. The standard InChI is InChI=1S/C31H34N4O6S2/c1-31(2,3)41-30(37)34-25(18-21-10-6-4-7-11-21)28(36)32-26(19-22-14-16-24(17-15-22)35-43(38,39)40)29-33-27(20-42-29)23-12-8-5-9-13-23/h4-17,20,25-26,35H,18-19H2,1-3H3,(H,32,36)(H,34,37)(H,38,39,40)/t25-,26-/m0/s1. The van der Waals surface area contributed by atoms with Gasteiger partial charge in [-0.3, -0.25) is 14.1 Å². The lowest BCUT2D eigenvalue weighted by atomic mass is 10.0. The third-order valence-corrected chi connectivity index (χ3v) is 7.59. The quantitative estimate of drug-likeness (QED) is 0.160. The summed E-state index contributed by atoms with van der Waals surface area (Å²) in [5.41, 5.74) is 2.78. The van der Waals surface area contributed by atoms with Crippen molar-refractivity contribution in [3.05, 3.63) is 106 Å². The third kappa shape index (κ3) is 10.2. The van der Waals surface area contributed by atoms with E-state index < -0.39 is 40.0 Å². The van der Waals surface area contributed by atoms with E-state index in [1.54, 1.807) is 32.9 Å². The number of amides is 2. The third-order valence-electron chi connectivity index (χ3n) is 6.14. The molecule has 4 N–H and O–H groups in total. The Morgan fingerprint density at radius 3 is 2.09 bits per heavy atom. The molecule has 0 aliphatic rings. The molecule has 0 bridgehead atoms. The topological polar surface area (TPSA) is 147 Å². The minimum absolute atomic E-state index is 0.192. The first-order valence-corrected chi connectivity index (χ1v) is 15.9. The lowest BCUT2D eigenvalue weighted by molar-refractivity contribution is -0.124. The molecule has 0 saturated carbocycles. The van der Waals surface area contributed by atoms with Crippen LogP contribution in [0.25, 0.3) is 11.3 Å². The normalized spacial score (nSPS) is 13.0. The van der Waals surface area contributed by atoms with Gasteiger partial charge in [-0.25, -0.2) is 9.78 Å². The van der Waals surface area contributed by atoms with Crippen LogP contribution < -0.4 is 15.4 Å². The molecule has 0 aliphatic carbocycles. The Morgan fingerprint density at radius 1 is 0.884 bits per heavy atom. The zero-order valence-corrected chi connectivity index (χ0v) is 25.6. The van der Waals surface area contributed by atoms with Crippen molar-refractivity contribution in [3.63, 3.8) is 0 Å². The highest BCUT2D eigenvalue weighted by molar-refractivity contribution is 7.87. The maximum Gasteiger partial charge on any atom is 0.408 e. The number of hydrogen-bond donors (Lipinski definition) is 4. The first-order chi connectivity index (χ1) is 20.3. The van der Waals surface area contributed by atoms with E-state index in [1.165, 1.54) is 23.5 Å². The van der Waals surface area contributed by atoms with Crippen LogP contribution in [-0.2, 0) is 32.7 Å². The van der Waals surface area contributed by atoms with E-state index in [0.29, 0.717) is 11.4 Å². The van der Waals surface area contributed by atoms with Crippen molar-refractivity contribution in [2.24, 2.45) is 0 Å². The summed E-state index contributed by atoms with van der Waals surface area (Å²) in [7, 11) is -4.41. The summed E-state index contributed by atoms with van der Waals surface area (Å²) in [6.07, 6.45) is -0.144. The van der Waals surface area contributed by atoms with E-state index in [9.17, 15) is 18.0 Å². The van der Waals surface area contributed by atoms with E-state index in [4.69, 9.17) is 14.3 Å². The Kier molecular flexibility index (Phi) is 10.2. The number of anilines is 1. The SMILES string of the molecule is CC(C)(C)OC(=O)N[C@@H](Cc1ccccc1)C(=O)N[C@@H](Cc1ccc(NS(=O)(=O)O)cc1)c1nc(-c2ccccc2)cs1. The van der Waals surface area contributed by atoms with Crippen LogP contribution in [-0.4, -0.2) is 41.6 Å². The van der Waals surface area contributed by atoms with Gasteiger partial charge in [-0.1, -0.05) is 72.8 Å². The second-order valence-electron chi connectivity index (χ2n) is 10.9. The lowest BCUT2D eigenvalue weighted by Crippen LogP contribution is -2.50. The van der Waals surface area contributed by atoms with Crippen LogP contribution in [0.1, 0.15) is 42.9 Å². The van der Waals surface area contributed by atoms with Gasteiger partial charge in [-0.05, 0) is 50.5 Å². The lowest BCUT2D eigenvalue weighted by Gasteiger charge is -2.25. The molecule has 4 rings (SSSR count). The van der Waals surface area contributed by atoms with Crippen molar-refractivity contribution in [3.8, 4) is 11.3 Å². The number of ether oxygens (including phenoxy) is 1. The molecule has 4 aromatic rings. The fourth-order valence-electron chi connectivity index (χ4n) is 4.26. The van der Waals surface area contributed by atoms with Crippen molar-refractivity contribution in [1.82, 2.24) is 15.6 Å². The van der Waals surface area contributed by atoms with Gasteiger partial charge >= 0.3 is 16.4 Å². The van der Waals surface area contributed by atoms with Crippen LogP contribution >= 0.6 is 11.3 Å². The highest BCUT2D eigenvalue weighted by Gasteiger charge is 2.28. The van der Waals surface area contributed by atoms with Crippen LogP contribution in [0.5, 0.6) is 0 Å². The van der Waals surface area contributed by atoms with Gasteiger partial charge in [0.05, 0.1) is 17.4 Å². The number of nitrogens with zero attached hydrogens (tertiary/aromatic N) is 1. The fraction of sp³-hybridized carbons (Fsp3) is 0.258. The van der Waals surface area contributed by atoms with Gasteiger partial charge in [0.15, 0.2) is 0 Å². The molecule has 1 heterocycles. The monoisotopic (exact) mass is 622 g/mol. The zero-order valence-electron chi connectivity index (χ0n) is 24.0. The summed E-state index contributed by atoms with van der Waals surface area (Å²) in [5, 5.41) is 8.37. The van der Waals surface area contributed by atoms with Crippen LogP contribution in [0.2, 0.25) is 0 Å². The second kappa shape index (κ2) is 13.8. The summed E-state index contributed by atoms with van der Waals surface area (Å²) in [6.45, 7) is 5.25. The molecule has 0 aliphatic heterocycles. The molecule has 0 spiro atoms. The predicted octanol–water partition coefficient (Wildman–Crippen LogP) is 5.56. The van der Waals surface area contributed by atoms with Gasteiger partial charge < -0.3 is 15.4 Å². The van der Waals surface area contributed by atoms with Crippen molar-refractivity contribution in [1.29, 1.82) is 0 Å². The minimum Gasteiger partial charge on any atom is -0.444 e. The maximum absolute atomic E-state index is 13.8. The molecule has 2 atom stereocenters. The molecule has 12 heteroatoms. The van der Waals surface area contributed by atoms with E-state index in [-0.39, 0.29) is 12.1 Å². The molecule has 0 fully saturated rings. The van der Waals surface area contributed by atoms with Crippen LogP contribution in [0, 0.1) is 0 Å². The molecule has 43 heavy (non-hydrogen) atoms. The number of alkyl carbamates (subject to hydrolysis) is 1. The minimum atomic E-state index is -4.41. The average molecular weight is 623 g/mol. The second-order valence-corrected chi connectivity index (χ2v) is 12.9. The highest BCUT2D eigenvalue weighted by atomic mass is 32.2. The van der Waals surface area contributed by atoms with E-state index in [1.807, 2.05) is 70.8 Å². The molecule has 3 aromatic carbocycles. The molecule has 2 amide bonds. The molecule has 1 aromatic heterocycles. The Hall–Kier alpha value is -4.26. The molecular formula is C31H34N4O6S2. The van der Waals surface area contributed by atoms with Crippen molar-refractivity contribution >= 4 is 39.3 Å². The van der Waals surface area contributed by atoms with E-state index in [0.717, 1.165) is 22.4 Å². The molecule has 10 nitrogen and oxygen atoms in total. The molecular weight excluding hydrogens is 588 g/mol. The molecule has 0 unspecified atom stereocenters. The number of carbonyl (C=O) groups is 2. The number of aromatic nitrogens is 1. The summed E-state index contributed by atoms with van der Waals surface area (Å²) >= 11 is 1.40. The van der Waals surface area contributed by atoms with Crippen LogP contribution in [0.15, 0.2) is 90.3 Å². The van der Waals surface area contributed by atoms with Crippen molar-refractivity contribution in [2.45, 2.75) is 51.3 Å². The highest BCUT2D eigenvalue weighted by Crippen LogP contribution is 2.28. The fourth-order valence-corrected chi connectivity index (χ4v) is 5.58. The Balaban J connectivity index is 1.61. The first kappa shape index (κ1) is 31.7. The summed E-state index contributed by atoms with van der Waals surface area (Å²) in [4.78, 5) is 31.3. The van der Waals surface area contributed by atoms with Gasteiger partial charge in [0.25, 0.3) is 0 Å². The maximum atomic E-state index is 13.8. The number of thiazole rings is 1. The largest absolute Gasteiger partial charge is 0.444 e.